The average molecular weight is 629 g/mol. The molecule has 7 nitrogen and oxygen atoms in total. The molecule has 10 atom stereocenters. The fourth-order valence-electron chi connectivity index (χ4n) is 10.7. The van der Waals surface area contributed by atoms with Crippen molar-refractivity contribution in [3.05, 3.63) is 51.0 Å². The van der Waals surface area contributed by atoms with Gasteiger partial charge >= 0.3 is 0 Å². The molecule has 238 valence electrons. The predicted molar refractivity (Wildman–Crippen MR) is 162 cm³/mol. The Kier molecular flexibility index (Phi) is 6.55. The van der Waals surface area contributed by atoms with Crippen LogP contribution in [-0.2, 0) is 38.3 Å². The van der Waals surface area contributed by atoms with E-state index in [9.17, 15) is 5.11 Å². The zero-order chi connectivity index (χ0) is 30.7. The standard InChI is InChI=1S/C34H42F2N2O5S/c1-5-22-8-9-23(44-22)7-6-10-38-28-13-26-27(35)12-25-24-11-20(2)34(32(42-19-43-34)17-40-18-41-32)31(24,4)15-29(39)33(25,36)30(26,3)14-21(28)16-37-38/h6-9,13,16,20,24-25,27,29,39H,5,10-12,14-15,17-19H2,1-4H3/b7-6+/t20-,24-,25-,27-,29-,30-,31-,32?,33-,34+/m0/s1. The second kappa shape index (κ2) is 9.78. The number of ether oxygens (including phenoxy) is 4. The third-order valence-corrected chi connectivity index (χ3v) is 13.8. The van der Waals surface area contributed by atoms with Crippen molar-refractivity contribution in [3.63, 3.8) is 0 Å². The lowest BCUT2D eigenvalue weighted by Gasteiger charge is -2.64. The van der Waals surface area contributed by atoms with Crippen LogP contribution in [0.2, 0.25) is 0 Å². The summed E-state index contributed by atoms with van der Waals surface area (Å²) in [7, 11) is 0. The molecule has 1 unspecified atom stereocenters. The third-order valence-electron chi connectivity index (χ3n) is 12.6. The number of thiophene rings is 1. The molecular weight excluding hydrogens is 586 g/mol. The lowest BCUT2D eigenvalue weighted by molar-refractivity contribution is -0.281. The Morgan fingerprint density at radius 1 is 1.16 bits per heavy atom. The van der Waals surface area contributed by atoms with Crippen LogP contribution in [0.3, 0.4) is 0 Å². The van der Waals surface area contributed by atoms with Crippen molar-refractivity contribution in [2.75, 3.05) is 20.2 Å². The van der Waals surface area contributed by atoms with Crippen LogP contribution in [0.15, 0.2) is 30.0 Å². The molecule has 0 aromatic carbocycles. The van der Waals surface area contributed by atoms with Gasteiger partial charge in [0.15, 0.2) is 13.6 Å². The molecular formula is C34H42F2N2O5S. The van der Waals surface area contributed by atoms with Gasteiger partial charge in [0.2, 0.25) is 5.79 Å². The summed E-state index contributed by atoms with van der Waals surface area (Å²) < 4.78 is 60.9. The number of halogens is 2. The first-order valence-electron chi connectivity index (χ1n) is 16.1. The van der Waals surface area contributed by atoms with E-state index in [4.69, 9.17) is 18.9 Å². The van der Waals surface area contributed by atoms with E-state index in [-0.39, 0.29) is 51.3 Å². The summed E-state index contributed by atoms with van der Waals surface area (Å²) in [6.07, 6.45) is 7.25. The van der Waals surface area contributed by atoms with E-state index >= 15 is 8.78 Å². The molecule has 8 rings (SSSR count). The van der Waals surface area contributed by atoms with Gasteiger partial charge in [-0.3, -0.25) is 4.68 Å². The highest BCUT2D eigenvalue weighted by Crippen LogP contribution is 2.74. The number of hydrogen-bond donors (Lipinski definition) is 1. The van der Waals surface area contributed by atoms with Gasteiger partial charge < -0.3 is 24.1 Å². The average Bonchev–Trinajstić information content (AvgIpc) is 3.82. The van der Waals surface area contributed by atoms with Crippen LogP contribution < -0.4 is 0 Å². The van der Waals surface area contributed by atoms with Crippen molar-refractivity contribution in [2.24, 2.45) is 28.6 Å². The largest absolute Gasteiger partial charge is 0.390 e. The number of nitrogens with zero attached hydrogens (tertiary/aromatic N) is 2. The fraction of sp³-hybridized carbons (Fsp3) is 0.676. The fourth-order valence-corrected chi connectivity index (χ4v) is 11.6. The van der Waals surface area contributed by atoms with Gasteiger partial charge in [-0.15, -0.1) is 11.3 Å². The van der Waals surface area contributed by atoms with Gasteiger partial charge in [0, 0.05) is 26.5 Å². The monoisotopic (exact) mass is 628 g/mol. The topological polar surface area (TPSA) is 75.0 Å². The molecule has 2 spiro atoms. The lowest BCUT2D eigenvalue weighted by Crippen LogP contribution is -2.73. The number of aromatic nitrogens is 2. The molecule has 6 aliphatic rings. The van der Waals surface area contributed by atoms with Crippen LogP contribution in [0.1, 0.15) is 68.0 Å². The number of aliphatic hydroxyl groups is 1. The van der Waals surface area contributed by atoms with Gasteiger partial charge in [0.05, 0.1) is 24.5 Å². The molecule has 1 N–H and O–H groups in total. The molecule has 5 fully saturated rings. The minimum atomic E-state index is -2.02. The quantitative estimate of drug-likeness (QED) is 0.441. The molecule has 2 aromatic heterocycles. The summed E-state index contributed by atoms with van der Waals surface area (Å²) >= 11 is 1.77. The van der Waals surface area contributed by atoms with Gasteiger partial charge in [0.1, 0.15) is 24.0 Å². The predicted octanol–water partition coefficient (Wildman–Crippen LogP) is 6.10. The number of hydrogen-bond acceptors (Lipinski definition) is 7. The minimum absolute atomic E-state index is 0.0186. The Hall–Kier alpha value is -1.95. The normalized spacial score (nSPS) is 46.0. The minimum Gasteiger partial charge on any atom is -0.390 e. The van der Waals surface area contributed by atoms with Crippen LogP contribution >= 0.6 is 11.3 Å². The highest BCUT2D eigenvalue weighted by molar-refractivity contribution is 7.12. The van der Waals surface area contributed by atoms with Gasteiger partial charge in [-0.25, -0.2) is 8.78 Å². The zero-order valence-electron chi connectivity index (χ0n) is 25.9. The SMILES string of the molecule is CCc1ccc(/C=C/Cn2ncc3c2C=C2[C@@H](F)C[C@H]4[C@@H]5C[C@H](C)[C@@]6(OCOC67COCO7)[C@@]5(C)C[C@H](O)[C@]4(F)[C@@]2(C)C3)s1. The van der Waals surface area contributed by atoms with E-state index in [2.05, 4.69) is 50.2 Å². The summed E-state index contributed by atoms with van der Waals surface area (Å²) in [5.74, 6) is -2.11. The summed E-state index contributed by atoms with van der Waals surface area (Å²) in [5, 5.41) is 16.6. The summed E-state index contributed by atoms with van der Waals surface area (Å²) in [5.41, 5.74) is -2.71. The lowest BCUT2D eigenvalue weighted by atomic mass is 9.43. The van der Waals surface area contributed by atoms with E-state index < -0.39 is 46.1 Å². The molecule has 0 radical (unpaired) electrons. The number of allylic oxidation sites excluding steroid dienone is 2. The Balaban J connectivity index is 1.13. The summed E-state index contributed by atoms with van der Waals surface area (Å²) in [6.45, 7) is 9.02. The van der Waals surface area contributed by atoms with Gasteiger partial charge in [-0.1, -0.05) is 33.8 Å². The van der Waals surface area contributed by atoms with E-state index in [0.717, 1.165) is 17.7 Å². The van der Waals surface area contributed by atoms with Crippen molar-refractivity contribution in [3.8, 4) is 0 Å². The molecule has 0 amide bonds. The smallest absolute Gasteiger partial charge is 0.227 e. The Morgan fingerprint density at radius 3 is 2.73 bits per heavy atom. The molecule has 44 heavy (non-hydrogen) atoms. The number of alkyl halides is 2. The van der Waals surface area contributed by atoms with Crippen molar-refractivity contribution in [1.29, 1.82) is 0 Å². The van der Waals surface area contributed by atoms with Gasteiger partial charge in [-0.2, -0.15) is 5.10 Å². The van der Waals surface area contributed by atoms with Gasteiger partial charge in [0.25, 0.3) is 0 Å². The molecule has 0 bridgehead atoms. The van der Waals surface area contributed by atoms with Crippen molar-refractivity contribution in [2.45, 2.75) is 95.7 Å². The maximum absolute atomic E-state index is 18.2. The Morgan fingerprint density at radius 2 is 1.98 bits per heavy atom. The van der Waals surface area contributed by atoms with Crippen molar-refractivity contribution >= 4 is 23.5 Å². The van der Waals surface area contributed by atoms with E-state index in [0.29, 0.717) is 18.5 Å². The van der Waals surface area contributed by atoms with Crippen LogP contribution in [0.5, 0.6) is 0 Å². The summed E-state index contributed by atoms with van der Waals surface area (Å²) in [4.78, 5) is 2.52. The van der Waals surface area contributed by atoms with Gasteiger partial charge in [-0.05, 0) is 79.4 Å². The molecule has 10 heteroatoms. The highest BCUT2D eigenvalue weighted by Gasteiger charge is 2.82. The molecule has 4 heterocycles. The second-order valence-electron chi connectivity index (χ2n) is 14.4. The third kappa shape index (κ3) is 3.50. The number of fused-ring (bicyclic) bond motifs is 8. The molecule has 2 saturated heterocycles. The first kappa shape index (κ1) is 29.5. The van der Waals surface area contributed by atoms with Crippen molar-refractivity contribution in [1.82, 2.24) is 9.78 Å². The van der Waals surface area contributed by atoms with Crippen LogP contribution in [0.4, 0.5) is 8.78 Å². The highest BCUT2D eigenvalue weighted by atomic mass is 32.1. The van der Waals surface area contributed by atoms with E-state index in [1.165, 1.54) is 9.75 Å². The summed E-state index contributed by atoms with van der Waals surface area (Å²) in [6, 6.07) is 4.26. The van der Waals surface area contributed by atoms with Crippen LogP contribution in [0, 0.1) is 28.6 Å². The first-order chi connectivity index (χ1) is 21.0. The number of aryl methyl sites for hydroxylation is 1. The first-order valence-corrected chi connectivity index (χ1v) is 16.9. The second-order valence-corrected chi connectivity index (χ2v) is 15.6. The van der Waals surface area contributed by atoms with E-state index in [1.54, 1.807) is 17.5 Å². The van der Waals surface area contributed by atoms with E-state index in [1.807, 2.05) is 17.7 Å². The molecule has 3 saturated carbocycles. The molecule has 2 aliphatic heterocycles. The van der Waals surface area contributed by atoms with Crippen LogP contribution in [0.25, 0.3) is 12.2 Å². The van der Waals surface area contributed by atoms with Crippen molar-refractivity contribution < 1.29 is 32.8 Å². The molecule has 4 aliphatic carbocycles. The Bertz CT molecular complexity index is 1530. The maximum Gasteiger partial charge on any atom is 0.227 e. The number of rotatable bonds is 4. The molecule has 2 aromatic rings. The maximum atomic E-state index is 18.2. The number of aliphatic hydroxyl groups excluding tert-OH is 1. The van der Waals surface area contributed by atoms with Crippen LogP contribution in [-0.4, -0.2) is 64.4 Å². The Labute approximate surface area is 261 Å². The zero-order valence-corrected chi connectivity index (χ0v) is 26.7.